The molecule has 78 valence electrons. The molecule has 0 saturated carbocycles. The second-order valence-electron chi connectivity index (χ2n) is 4.15. The van der Waals surface area contributed by atoms with Gasteiger partial charge in [-0.3, -0.25) is 0 Å². The van der Waals surface area contributed by atoms with E-state index >= 15 is 0 Å². The van der Waals surface area contributed by atoms with Gasteiger partial charge < -0.3 is 5.32 Å². The fraction of sp³-hybridized carbons (Fsp3) is 0.583. The largest absolute Gasteiger partial charge is 0.369 e. The number of rotatable bonds is 0. The average molecular weight is 192 g/mol. The Kier molecular flexibility index (Phi) is 3.14. The Morgan fingerprint density at radius 3 is 2.64 bits per heavy atom. The summed E-state index contributed by atoms with van der Waals surface area (Å²) in [4.78, 5) is 4.34. The minimum atomic E-state index is 0.244. The van der Waals surface area contributed by atoms with Crippen LogP contribution >= 0.6 is 0 Å². The van der Waals surface area contributed by atoms with E-state index in [0.717, 1.165) is 12.4 Å². The average Bonchev–Trinajstić information content (AvgIpc) is 2.46. The van der Waals surface area contributed by atoms with E-state index in [2.05, 4.69) is 37.1 Å². The molecule has 0 amide bonds. The minimum absolute atomic E-state index is 0.244. The van der Waals surface area contributed by atoms with Gasteiger partial charge in [-0.05, 0) is 12.5 Å². The predicted molar refractivity (Wildman–Crippen MR) is 61.8 cm³/mol. The van der Waals surface area contributed by atoms with Crippen LogP contribution in [0, 0.1) is 6.92 Å². The maximum absolute atomic E-state index is 4.34. The Balaban J connectivity index is 0.000000461. The molecule has 2 heterocycles. The molecule has 1 aromatic rings. The van der Waals surface area contributed by atoms with E-state index in [1.807, 2.05) is 20.0 Å². The van der Waals surface area contributed by atoms with Crippen molar-refractivity contribution in [3.8, 4) is 0 Å². The van der Waals surface area contributed by atoms with Crippen molar-refractivity contribution in [1.29, 1.82) is 0 Å². The Bertz CT molecular complexity index is 316. The van der Waals surface area contributed by atoms with Crippen LogP contribution in [0.5, 0.6) is 0 Å². The molecule has 1 N–H and O–H groups in total. The van der Waals surface area contributed by atoms with Gasteiger partial charge in [-0.25, -0.2) is 4.98 Å². The van der Waals surface area contributed by atoms with Crippen LogP contribution in [0.25, 0.3) is 0 Å². The Morgan fingerprint density at radius 2 is 2.00 bits per heavy atom. The summed E-state index contributed by atoms with van der Waals surface area (Å²) in [6.07, 6.45) is 1.91. The molecular formula is C12H20N2. The highest BCUT2D eigenvalue weighted by Crippen LogP contribution is 2.34. The summed E-state index contributed by atoms with van der Waals surface area (Å²) in [5.41, 5.74) is 2.84. The molecule has 14 heavy (non-hydrogen) atoms. The summed E-state index contributed by atoms with van der Waals surface area (Å²) >= 11 is 0. The topological polar surface area (TPSA) is 24.9 Å². The zero-order valence-electron chi connectivity index (χ0n) is 9.81. The van der Waals surface area contributed by atoms with Gasteiger partial charge in [0.05, 0.1) is 0 Å². The molecule has 0 radical (unpaired) electrons. The zero-order valence-corrected chi connectivity index (χ0v) is 9.81. The number of nitrogens with one attached hydrogen (secondary N) is 1. The van der Waals surface area contributed by atoms with E-state index in [1.165, 1.54) is 11.1 Å². The molecule has 1 aliphatic heterocycles. The molecule has 0 saturated heterocycles. The van der Waals surface area contributed by atoms with Crippen molar-refractivity contribution in [2.45, 2.75) is 40.0 Å². The van der Waals surface area contributed by atoms with E-state index in [4.69, 9.17) is 0 Å². The van der Waals surface area contributed by atoms with E-state index in [0.29, 0.717) is 0 Å². The molecular weight excluding hydrogens is 172 g/mol. The maximum Gasteiger partial charge on any atom is 0.129 e. The predicted octanol–water partition coefficient (Wildman–Crippen LogP) is 3.12. The first-order valence-corrected chi connectivity index (χ1v) is 5.30. The number of aromatic nitrogens is 1. The van der Waals surface area contributed by atoms with Crippen LogP contribution < -0.4 is 5.32 Å². The highest BCUT2D eigenvalue weighted by Gasteiger charge is 2.30. The molecule has 0 unspecified atom stereocenters. The van der Waals surface area contributed by atoms with Crippen LogP contribution in [0.1, 0.15) is 38.8 Å². The van der Waals surface area contributed by atoms with Gasteiger partial charge in [-0.15, -0.1) is 0 Å². The van der Waals surface area contributed by atoms with Crippen LogP contribution in [0.3, 0.4) is 0 Å². The Hall–Kier alpha value is -1.05. The number of nitrogens with zero attached hydrogens (tertiary/aromatic N) is 1. The monoisotopic (exact) mass is 192 g/mol. The lowest BCUT2D eigenvalue weighted by atomic mass is 9.87. The number of hydrogen-bond donors (Lipinski definition) is 1. The van der Waals surface area contributed by atoms with Gasteiger partial charge >= 0.3 is 0 Å². The zero-order chi connectivity index (χ0) is 10.8. The summed E-state index contributed by atoms with van der Waals surface area (Å²) in [5, 5.41) is 3.31. The van der Waals surface area contributed by atoms with Crippen molar-refractivity contribution in [3.05, 3.63) is 23.4 Å². The number of fused-ring (bicyclic) bond motifs is 1. The van der Waals surface area contributed by atoms with Gasteiger partial charge in [-0.1, -0.05) is 33.8 Å². The van der Waals surface area contributed by atoms with Gasteiger partial charge in [0.15, 0.2) is 0 Å². The van der Waals surface area contributed by atoms with E-state index in [9.17, 15) is 0 Å². The molecule has 0 aromatic carbocycles. The van der Waals surface area contributed by atoms with Crippen LogP contribution in [-0.4, -0.2) is 11.5 Å². The van der Waals surface area contributed by atoms with E-state index < -0.39 is 0 Å². The van der Waals surface area contributed by atoms with Gasteiger partial charge in [0.1, 0.15) is 5.82 Å². The van der Waals surface area contributed by atoms with Crippen LogP contribution in [0.15, 0.2) is 12.3 Å². The smallest absolute Gasteiger partial charge is 0.129 e. The first kappa shape index (κ1) is 11.0. The first-order valence-electron chi connectivity index (χ1n) is 5.30. The third-order valence-electron chi connectivity index (χ3n) is 2.45. The van der Waals surface area contributed by atoms with Crippen molar-refractivity contribution in [3.63, 3.8) is 0 Å². The molecule has 1 aliphatic rings. The van der Waals surface area contributed by atoms with Gasteiger partial charge in [-0.2, -0.15) is 0 Å². The van der Waals surface area contributed by atoms with Crippen molar-refractivity contribution < 1.29 is 0 Å². The van der Waals surface area contributed by atoms with Gasteiger partial charge in [0, 0.05) is 23.7 Å². The van der Waals surface area contributed by atoms with E-state index in [-0.39, 0.29) is 5.41 Å². The number of pyridine rings is 1. The highest BCUT2D eigenvalue weighted by molar-refractivity contribution is 5.55. The second-order valence-corrected chi connectivity index (χ2v) is 4.15. The molecule has 0 atom stereocenters. The molecule has 1 aromatic heterocycles. The number of aryl methyl sites for hydroxylation is 1. The standard InChI is InChI=1S/C10H14N2.C2H6/c1-7-4-8-9(11-5-7)12-6-10(8,2)3;1-2/h4-5H,6H2,1-3H3,(H,11,12);1-2H3. The van der Waals surface area contributed by atoms with Crippen molar-refractivity contribution in [2.24, 2.45) is 0 Å². The van der Waals surface area contributed by atoms with Crippen LogP contribution in [0.2, 0.25) is 0 Å². The van der Waals surface area contributed by atoms with Gasteiger partial charge in [0.25, 0.3) is 0 Å². The first-order chi connectivity index (χ1) is 6.59. The number of anilines is 1. The fourth-order valence-corrected chi connectivity index (χ4v) is 1.63. The molecule has 0 spiro atoms. The normalized spacial score (nSPS) is 16.4. The lowest BCUT2D eigenvalue weighted by molar-refractivity contribution is 0.585. The summed E-state index contributed by atoms with van der Waals surface area (Å²) in [7, 11) is 0. The summed E-state index contributed by atoms with van der Waals surface area (Å²) in [6, 6.07) is 2.22. The molecule has 2 rings (SSSR count). The van der Waals surface area contributed by atoms with E-state index in [1.54, 1.807) is 0 Å². The van der Waals surface area contributed by atoms with Crippen molar-refractivity contribution in [2.75, 3.05) is 11.9 Å². The fourth-order valence-electron chi connectivity index (χ4n) is 1.63. The quantitative estimate of drug-likeness (QED) is 0.683. The molecule has 0 bridgehead atoms. The lowest BCUT2D eigenvalue weighted by Gasteiger charge is -2.16. The SMILES string of the molecule is CC.Cc1cnc2c(c1)C(C)(C)CN2. The second kappa shape index (κ2) is 3.99. The van der Waals surface area contributed by atoms with Crippen LogP contribution in [0.4, 0.5) is 5.82 Å². The molecule has 2 heteroatoms. The van der Waals surface area contributed by atoms with Crippen molar-refractivity contribution >= 4 is 5.82 Å². The van der Waals surface area contributed by atoms with Gasteiger partial charge in [0.2, 0.25) is 0 Å². The summed E-state index contributed by atoms with van der Waals surface area (Å²) in [5.74, 6) is 1.06. The molecule has 0 fully saturated rings. The third-order valence-corrected chi connectivity index (χ3v) is 2.45. The highest BCUT2D eigenvalue weighted by atomic mass is 15.0. The van der Waals surface area contributed by atoms with Crippen molar-refractivity contribution in [1.82, 2.24) is 4.98 Å². The summed E-state index contributed by atoms with van der Waals surface area (Å²) in [6.45, 7) is 11.6. The maximum atomic E-state index is 4.34. The molecule has 2 nitrogen and oxygen atoms in total. The minimum Gasteiger partial charge on any atom is -0.369 e. The third kappa shape index (κ3) is 1.89. The molecule has 0 aliphatic carbocycles. The Labute approximate surface area is 86.8 Å². The van der Waals surface area contributed by atoms with Crippen LogP contribution in [-0.2, 0) is 5.41 Å². The number of hydrogen-bond acceptors (Lipinski definition) is 2. The lowest BCUT2D eigenvalue weighted by Crippen LogP contribution is -2.18. The summed E-state index contributed by atoms with van der Waals surface area (Å²) < 4.78 is 0. The Morgan fingerprint density at radius 1 is 1.36 bits per heavy atom.